The molecular weight excluding hydrogens is 222 g/mol. The number of carboxylic acids is 1. The zero-order valence-corrected chi connectivity index (χ0v) is 10.2. The molecule has 0 aliphatic rings. The summed E-state index contributed by atoms with van der Waals surface area (Å²) in [5, 5.41) is 20.8. The van der Waals surface area contributed by atoms with Crippen molar-refractivity contribution in [2.24, 2.45) is 0 Å². The molecule has 5 nitrogen and oxygen atoms in total. The molecule has 0 aliphatic carbocycles. The number of furan rings is 1. The molecule has 1 aromatic rings. The zero-order valence-electron chi connectivity index (χ0n) is 10.2. The van der Waals surface area contributed by atoms with Crippen molar-refractivity contribution in [2.45, 2.75) is 39.3 Å². The molecule has 0 bridgehead atoms. The monoisotopic (exact) mass is 241 g/mol. The van der Waals surface area contributed by atoms with Crippen molar-refractivity contribution in [3.8, 4) is 0 Å². The van der Waals surface area contributed by atoms with E-state index < -0.39 is 5.97 Å². The van der Waals surface area contributed by atoms with Gasteiger partial charge in [-0.05, 0) is 32.8 Å². The summed E-state index contributed by atoms with van der Waals surface area (Å²) in [4.78, 5) is 10.8. The van der Waals surface area contributed by atoms with E-state index in [-0.39, 0.29) is 18.2 Å². The number of hydrogen-bond donors (Lipinski definition) is 3. The third kappa shape index (κ3) is 4.20. The van der Waals surface area contributed by atoms with Gasteiger partial charge in [-0.3, -0.25) is 0 Å². The van der Waals surface area contributed by atoms with Gasteiger partial charge in [-0.25, -0.2) is 4.79 Å². The van der Waals surface area contributed by atoms with Crippen LogP contribution in [-0.4, -0.2) is 28.8 Å². The van der Waals surface area contributed by atoms with E-state index in [4.69, 9.17) is 14.6 Å². The molecule has 0 saturated carbocycles. The van der Waals surface area contributed by atoms with Gasteiger partial charge in [-0.2, -0.15) is 0 Å². The second-order valence-electron chi connectivity index (χ2n) is 4.14. The summed E-state index contributed by atoms with van der Waals surface area (Å²) in [7, 11) is 0. The SMILES string of the molecule is Cc1oc(CNC(C)CCCO)cc1C(=O)O. The lowest BCUT2D eigenvalue weighted by molar-refractivity contribution is 0.0695. The van der Waals surface area contributed by atoms with Crippen LogP contribution in [0, 0.1) is 6.92 Å². The van der Waals surface area contributed by atoms with Crippen molar-refractivity contribution in [1.29, 1.82) is 0 Å². The molecule has 96 valence electrons. The van der Waals surface area contributed by atoms with Crippen LogP contribution >= 0.6 is 0 Å². The molecule has 0 saturated heterocycles. The molecule has 0 amide bonds. The number of nitrogens with one attached hydrogen (secondary N) is 1. The van der Waals surface area contributed by atoms with Crippen molar-refractivity contribution in [3.63, 3.8) is 0 Å². The Labute approximate surface area is 100 Å². The molecule has 0 spiro atoms. The van der Waals surface area contributed by atoms with Crippen LogP contribution in [0.2, 0.25) is 0 Å². The van der Waals surface area contributed by atoms with Crippen LogP contribution in [0.3, 0.4) is 0 Å². The highest BCUT2D eigenvalue weighted by atomic mass is 16.4. The molecule has 1 aromatic heterocycles. The lowest BCUT2D eigenvalue weighted by Crippen LogP contribution is -2.25. The molecule has 1 atom stereocenters. The predicted octanol–water partition coefficient (Wildman–Crippen LogP) is 1.54. The molecule has 1 heterocycles. The Hall–Kier alpha value is -1.33. The summed E-state index contributed by atoms with van der Waals surface area (Å²) in [6.45, 7) is 4.35. The lowest BCUT2D eigenvalue weighted by Gasteiger charge is -2.11. The van der Waals surface area contributed by atoms with E-state index in [1.165, 1.54) is 0 Å². The highest BCUT2D eigenvalue weighted by Gasteiger charge is 2.13. The third-order valence-corrected chi connectivity index (χ3v) is 2.62. The molecule has 5 heteroatoms. The van der Waals surface area contributed by atoms with Crippen molar-refractivity contribution in [2.75, 3.05) is 6.61 Å². The third-order valence-electron chi connectivity index (χ3n) is 2.62. The Morgan fingerprint density at radius 2 is 2.29 bits per heavy atom. The fourth-order valence-corrected chi connectivity index (χ4v) is 1.62. The first-order chi connectivity index (χ1) is 8.04. The number of carbonyl (C=O) groups is 1. The first-order valence-electron chi connectivity index (χ1n) is 5.71. The number of aryl methyl sites for hydroxylation is 1. The van der Waals surface area contributed by atoms with E-state index in [0.717, 1.165) is 12.8 Å². The molecule has 1 unspecified atom stereocenters. The fraction of sp³-hybridized carbons (Fsp3) is 0.583. The second kappa shape index (κ2) is 6.42. The average Bonchev–Trinajstić information content (AvgIpc) is 2.65. The molecule has 3 N–H and O–H groups in total. The normalized spacial score (nSPS) is 12.6. The highest BCUT2D eigenvalue weighted by molar-refractivity contribution is 5.88. The van der Waals surface area contributed by atoms with Gasteiger partial charge in [-0.1, -0.05) is 0 Å². The van der Waals surface area contributed by atoms with Gasteiger partial charge in [0.2, 0.25) is 0 Å². The molecule has 1 rings (SSSR count). The van der Waals surface area contributed by atoms with E-state index in [1.807, 2.05) is 6.92 Å². The molecule has 0 fully saturated rings. The zero-order chi connectivity index (χ0) is 12.8. The highest BCUT2D eigenvalue weighted by Crippen LogP contribution is 2.14. The smallest absolute Gasteiger partial charge is 0.339 e. The van der Waals surface area contributed by atoms with Crippen LogP contribution < -0.4 is 5.32 Å². The van der Waals surface area contributed by atoms with Crippen LogP contribution in [0.1, 0.15) is 41.6 Å². The minimum atomic E-state index is -0.967. The van der Waals surface area contributed by atoms with E-state index in [2.05, 4.69) is 5.32 Å². The standard InChI is InChI=1S/C12H19NO4/c1-8(4-3-5-14)13-7-10-6-11(12(15)16)9(2)17-10/h6,8,13-14H,3-5,7H2,1-2H3,(H,15,16). The molecule has 0 aromatic carbocycles. The maximum Gasteiger partial charge on any atom is 0.339 e. The van der Waals surface area contributed by atoms with Crippen LogP contribution in [0.4, 0.5) is 0 Å². The van der Waals surface area contributed by atoms with Gasteiger partial charge in [0.15, 0.2) is 0 Å². The largest absolute Gasteiger partial charge is 0.478 e. The van der Waals surface area contributed by atoms with E-state index >= 15 is 0 Å². The number of aliphatic hydroxyl groups excluding tert-OH is 1. The Kier molecular flexibility index (Phi) is 5.18. The Balaban J connectivity index is 2.47. The summed E-state index contributed by atoms with van der Waals surface area (Å²) in [5.41, 5.74) is 0.213. The summed E-state index contributed by atoms with van der Waals surface area (Å²) >= 11 is 0. The Bertz CT molecular complexity index is 373. The van der Waals surface area contributed by atoms with Gasteiger partial charge in [0.05, 0.1) is 6.54 Å². The van der Waals surface area contributed by atoms with Crippen molar-refractivity contribution in [3.05, 3.63) is 23.2 Å². The topological polar surface area (TPSA) is 82.7 Å². The van der Waals surface area contributed by atoms with Crippen LogP contribution in [0.15, 0.2) is 10.5 Å². The molecule has 0 aliphatic heterocycles. The summed E-state index contributed by atoms with van der Waals surface area (Å²) in [5.74, 6) is 0.0823. The number of rotatable bonds is 7. The van der Waals surface area contributed by atoms with Gasteiger partial charge in [0, 0.05) is 12.6 Å². The van der Waals surface area contributed by atoms with Gasteiger partial charge in [0.25, 0.3) is 0 Å². The van der Waals surface area contributed by atoms with E-state index in [0.29, 0.717) is 18.1 Å². The predicted molar refractivity (Wildman–Crippen MR) is 63.0 cm³/mol. The first kappa shape index (κ1) is 13.7. The van der Waals surface area contributed by atoms with Crippen LogP contribution in [0.5, 0.6) is 0 Å². The van der Waals surface area contributed by atoms with Gasteiger partial charge in [0.1, 0.15) is 17.1 Å². The minimum absolute atomic E-state index is 0.190. The number of aromatic carboxylic acids is 1. The van der Waals surface area contributed by atoms with Gasteiger partial charge >= 0.3 is 5.97 Å². The van der Waals surface area contributed by atoms with Crippen LogP contribution in [-0.2, 0) is 6.54 Å². The Morgan fingerprint density at radius 1 is 1.59 bits per heavy atom. The summed E-state index contributed by atoms with van der Waals surface area (Å²) < 4.78 is 5.34. The maximum absolute atomic E-state index is 10.8. The van der Waals surface area contributed by atoms with Crippen molar-refractivity contribution < 1.29 is 19.4 Å². The minimum Gasteiger partial charge on any atom is -0.478 e. The van der Waals surface area contributed by atoms with Crippen LogP contribution in [0.25, 0.3) is 0 Å². The number of carboxylic acid groups (broad SMARTS) is 1. The van der Waals surface area contributed by atoms with E-state index in [1.54, 1.807) is 13.0 Å². The van der Waals surface area contributed by atoms with Gasteiger partial charge < -0.3 is 19.9 Å². The van der Waals surface area contributed by atoms with Crippen molar-refractivity contribution in [1.82, 2.24) is 5.32 Å². The molecular formula is C12H19NO4. The number of aliphatic hydroxyl groups is 1. The quantitative estimate of drug-likeness (QED) is 0.674. The average molecular weight is 241 g/mol. The molecule has 17 heavy (non-hydrogen) atoms. The first-order valence-corrected chi connectivity index (χ1v) is 5.71. The summed E-state index contributed by atoms with van der Waals surface area (Å²) in [6, 6.07) is 1.81. The van der Waals surface area contributed by atoms with E-state index in [9.17, 15) is 4.79 Å². The van der Waals surface area contributed by atoms with Crippen molar-refractivity contribution >= 4 is 5.97 Å². The summed E-state index contributed by atoms with van der Waals surface area (Å²) in [6.07, 6.45) is 1.63. The molecule has 0 radical (unpaired) electrons. The maximum atomic E-state index is 10.8. The fourth-order valence-electron chi connectivity index (χ4n) is 1.62. The van der Waals surface area contributed by atoms with Gasteiger partial charge in [-0.15, -0.1) is 0 Å². The second-order valence-corrected chi connectivity index (χ2v) is 4.14. The lowest BCUT2D eigenvalue weighted by atomic mass is 10.2. The number of hydrogen-bond acceptors (Lipinski definition) is 4. The Morgan fingerprint density at radius 3 is 2.82 bits per heavy atom.